The number of ether oxygens (including phenoxy) is 1. The summed E-state index contributed by atoms with van der Waals surface area (Å²) in [5.74, 6) is -0.329. The number of carbonyl (C=O) groups excluding carboxylic acids is 1. The van der Waals surface area contributed by atoms with E-state index in [2.05, 4.69) is 23.9 Å². The fourth-order valence-corrected chi connectivity index (χ4v) is 0.117. The Morgan fingerprint density at radius 3 is 2.33 bits per heavy atom. The molecule has 9 heavy (non-hydrogen) atoms. The van der Waals surface area contributed by atoms with Gasteiger partial charge < -0.3 is 4.74 Å². The van der Waals surface area contributed by atoms with E-state index in [1.54, 1.807) is 0 Å². The first-order valence-corrected chi connectivity index (χ1v) is 2.45. The van der Waals surface area contributed by atoms with Crippen molar-refractivity contribution in [3.05, 3.63) is 12.8 Å². The molecule has 0 aliphatic rings. The van der Waals surface area contributed by atoms with Crippen molar-refractivity contribution in [2.75, 3.05) is 0 Å². The molecule has 0 atom stereocenters. The van der Waals surface area contributed by atoms with Crippen molar-refractivity contribution in [2.45, 2.75) is 6.92 Å². The average molecular weight is 145 g/mol. The molecule has 0 radical (unpaired) electrons. The van der Waals surface area contributed by atoms with Gasteiger partial charge >= 0.3 is 5.97 Å². The second kappa shape index (κ2) is 10.1. The van der Waals surface area contributed by atoms with E-state index in [-0.39, 0.29) is 5.97 Å². The minimum atomic E-state index is -0.329. The minimum Gasteiger partial charge on any atom is -0.435 e. The number of nitrogens with zero attached hydrogens (tertiary/aromatic N) is 1. The van der Waals surface area contributed by atoms with Crippen LogP contribution in [-0.2, 0) is 9.53 Å². The summed E-state index contributed by atoms with van der Waals surface area (Å²) >= 11 is 3.09. The number of thiocyanates is 1. The standard InChI is InChI=1S/C4H6O2.CHNS/c1-3-6-4(2)5;2-1-3/h3H,1H2,2H3;3H. The first-order chi connectivity index (χ1) is 4.18. The fourth-order valence-electron chi connectivity index (χ4n) is 0.117. The summed E-state index contributed by atoms with van der Waals surface area (Å²) in [5, 5.41) is 8.63. The van der Waals surface area contributed by atoms with Crippen molar-refractivity contribution in [1.82, 2.24) is 0 Å². The molecule has 0 aliphatic heterocycles. The van der Waals surface area contributed by atoms with Crippen molar-refractivity contribution in [1.29, 1.82) is 5.26 Å². The van der Waals surface area contributed by atoms with E-state index in [9.17, 15) is 4.79 Å². The fraction of sp³-hybridized carbons (Fsp3) is 0.200. The Hall–Kier alpha value is -0.950. The quantitative estimate of drug-likeness (QED) is 0.260. The lowest BCUT2D eigenvalue weighted by Gasteiger charge is -1.83. The molecule has 0 bridgehead atoms. The van der Waals surface area contributed by atoms with Crippen LogP contribution in [-0.4, -0.2) is 5.97 Å². The molecule has 3 nitrogen and oxygen atoms in total. The average Bonchev–Trinajstić information content (AvgIpc) is 1.67. The minimum absolute atomic E-state index is 0.329. The largest absolute Gasteiger partial charge is 0.435 e. The molecular formula is C5H7NO2S. The summed E-state index contributed by atoms with van der Waals surface area (Å²) in [6.07, 6.45) is 1.10. The first-order valence-electron chi connectivity index (χ1n) is 2.00. The van der Waals surface area contributed by atoms with Crippen molar-refractivity contribution < 1.29 is 9.53 Å². The Balaban J connectivity index is 0. The van der Waals surface area contributed by atoms with E-state index < -0.39 is 0 Å². The molecule has 0 aromatic rings. The van der Waals surface area contributed by atoms with Crippen LogP contribution in [0.5, 0.6) is 0 Å². The molecule has 0 unspecified atom stereocenters. The zero-order chi connectivity index (χ0) is 7.70. The molecule has 0 heterocycles. The zero-order valence-corrected chi connectivity index (χ0v) is 5.89. The maximum Gasteiger partial charge on any atom is 0.307 e. The Labute approximate surface area is 59.3 Å². The SMILES string of the molecule is C=COC(C)=O.N#CS. The van der Waals surface area contributed by atoms with E-state index in [0.717, 1.165) is 6.26 Å². The Kier molecular flexibility index (Phi) is 12.3. The predicted octanol–water partition coefficient (Wildman–Crippen LogP) is 1.09. The van der Waals surface area contributed by atoms with Gasteiger partial charge in [0.1, 0.15) is 5.40 Å². The van der Waals surface area contributed by atoms with Crippen LogP contribution in [0.1, 0.15) is 6.92 Å². The topological polar surface area (TPSA) is 50.1 Å². The van der Waals surface area contributed by atoms with E-state index >= 15 is 0 Å². The smallest absolute Gasteiger partial charge is 0.307 e. The van der Waals surface area contributed by atoms with Crippen LogP contribution in [0.25, 0.3) is 0 Å². The van der Waals surface area contributed by atoms with Crippen LogP contribution in [0.4, 0.5) is 0 Å². The lowest BCUT2D eigenvalue weighted by Crippen LogP contribution is -1.87. The van der Waals surface area contributed by atoms with Crippen LogP contribution in [0.2, 0.25) is 0 Å². The number of hydrogen-bond donors (Lipinski definition) is 1. The van der Waals surface area contributed by atoms with Gasteiger partial charge in [0.25, 0.3) is 0 Å². The number of nitriles is 1. The van der Waals surface area contributed by atoms with Crippen LogP contribution < -0.4 is 0 Å². The van der Waals surface area contributed by atoms with Gasteiger partial charge in [0, 0.05) is 6.92 Å². The number of thiol groups is 1. The molecule has 4 heteroatoms. The Bertz CT molecular complexity index is 127. The van der Waals surface area contributed by atoms with Crippen molar-refractivity contribution in [2.24, 2.45) is 0 Å². The highest BCUT2D eigenvalue weighted by Gasteiger charge is 1.79. The van der Waals surface area contributed by atoms with Gasteiger partial charge in [0.2, 0.25) is 0 Å². The Morgan fingerprint density at radius 1 is 2.00 bits per heavy atom. The molecule has 50 valence electrons. The van der Waals surface area contributed by atoms with Gasteiger partial charge in [-0.25, -0.2) is 0 Å². The maximum absolute atomic E-state index is 9.75. The molecular weight excluding hydrogens is 138 g/mol. The molecule has 0 amide bonds. The molecule has 0 saturated carbocycles. The normalized spacial score (nSPS) is 5.44. The summed E-state index contributed by atoms with van der Waals surface area (Å²) in [7, 11) is 0. The summed E-state index contributed by atoms with van der Waals surface area (Å²) < 4.78 is 4.17. The molecule has 0 saturated heterocycles. The molecule has 0 rings (SSSR count). The maximum atomic E-state index is 9.75. The third-order valence-corrected chi connectivity index (χ3v) is 0.249. The summed E-state index contributed by atoms with van der Waals surface area (Å²) in [4.78, 5) is 9.75. The van der Waals surface area contributed by atoms with Gasteiger partial charge in [0.15, 0.2) is 0 Å². The molecule has 0 aromatic carbocycles. The van der Waals surface area contributed by atoms with Gasteiger partial charge in [-0.15, -0.1) is 0 Å². The van der Waals surface area contributed by atoms with Gasteiger partial charge in [-0.2, -0.15) is 5.26 Å². The second-order valence-electron chi connectivity index (χ2n) is 0.876. The first kappa shape index (κ1) is 10.9. The van der Waals surface area contributed by atoms with E-state index in [0.29, 0.717) is 0 Å². The molecule has 0 aromatic heterocycles. The second-order valence-corrected chi connectivity index (χ2v) is 1.08. The lowest BCUT2D eigenvalue weighted by atomic mass is 10.8. The molecule has 0 aliphatic carbocycles. The third-order valence-electron chi connectivity index (χ3n) is 0.249. The predicted molar refractivity (Wildman–Crippen MR) is 36.6 cm³/mol. The number of esters is 1. The van der Waals surface area contributed by atoms with Gasteiger partial charge in [0.05, 0.1) is 6.26 Å². The van der Waals surface area contributed by atoms with Gasteiger partial charge in [-0.3, -0.25) is 4.79 Å². The highest BCUT2D eigenvalue weighted by atomic mass is 32.1. The van der Waals surface area contributed by atoms with Crippen LogP contribution >= 0.6 is 12.6 Å². The summed E-state index contributed by atoms with van der Waals surface area (Å²) in [6, 6.07) is 0. The van der Waals surface area contributed by atoms with Crippen LogP contribution in [0.3, 0.4) is 0 Å². The summed E-state index contributed by atoms with van der Waals surface area (Å²) in [6.45, 7) is 4.48. The Morgan fingerprint density at radius 2 is 2.33 bits per heavy atom. The monoisotopic (exact) mass is 145 g/mol. The van der Waals surface area contributed by atoms with Gasteiger partial charge in [-0.05, 0) is 0 Å². The number of hydrogen-bond acceptors (Lipinski definition) is 4. The van der Waals surface area contributed by atoms with Crippen molar-refractivity contribution in [3.63, 3.8) is 0 Å². The molecule has 0 N–H and O–H groups in total. The lowest BCUT2D eigenvalue weighted by molar-refractivity contribution is -0.135. The molecule has 0 fully saturated rings. The highest BCUT2D eigenvalue weighted by molar-refractivity contribution is 7.85. The highest BCUT2D eigenvalue weighted by Crippen LogP contribution is 1.70. The summed E-state index contributed by atoms with van der Waals surface area (Å²) in [5.41, 5.74) is 0. The van der Waals surface area contributed by atoms with E-state index in [1.165, 1.54) is 12.3 Å². The van der Waals surface area contributed by atoms with Crippen molar-refractivity contribution >= 4 is 18.6 Å². The number of carbonyl (C=O) groups is 1. The zero-order valence-electron chi connectivity index (χ0n) is 5.00. The molecule has 0 spiro atoms. The van der Waals surface area contributed by atoms with Crippen molar-refractivity contribution in [3.8, 4) is 5.40 Å². The van der Waals surface area contributed by atoms with Crippen LogP contribution in [0, 0.1) is 10.7 Å². The third kappa shape index (κ3) is 42.8. The van der Waals surface area contributed by atoms with E-state index in [4.69, 9.17) is 5.26 Å². The number of rotatable bonds is 1. The van der Waals surface area contributed by atoms with Crippen LogP contribution in [0.15, 0.2) is 12.8 Å². The van der Waals surface area contributed by atoms with Gasteiger partial charge in [-0.1, -0.05) is 19.2 Å². The van der Waals surface area contributed by atoms with E-state index in [1.807, 2.05) is 0 Å².